The first-order valence-electron chi connectivity index (χ1n) is 19.5. The van der Waals surface area contributed by atoms with Gasteiger partial charge in [0.2, 0.25) is 0 Å². The van der Waals surface area contributed by atoms with Crippen LogP contribution in [0.5, 0.6) is 0 Å². The summed E-state index contributed by atoms with van der Waals surface area (Å²) in [4.78, 5) is 25.1. The molecule has 4 heteroatoms. The van der Waals surface area contributed by atoms with Crippen LogP contribution in [0.4, 0.5) is 0 Å². The lowest BCUT2D eigenvalue weighted by Crippen LogP contribution is -2.30. The van der Waals surface area contributed by atoms with Crippen molar-refractivity contribution in [3.63, 3.8) is 0 Å². The Morgan fingerprint density at radius 1 is 0.372 bits per heavy atom. The number of esters is 2. The molecule has 1 rings (SSSR count). The minimum atomic E-state index is -0.981. The van der Waals surface area contributed by atoms with Gasteiger partial charge in [-0.1, -0.05) is 194 Å². The quantitative estimate of drug-likeness (QED) is 0.0415. The van der Waals surface area contributed by atoms with Crippen LogP contribution < -0.4 is 0 Å². The van der Waals surface area contributed by atoms with E-state index in [9.17, 15) is 9.59 Å². The van der Waals surface area contributed by atoms with Crippen LogP contribution in [-0.2, 0) is 19.1 Å². The van der Waals surface area contributed by atoms with Crippen LogP contribution in [0.1, 0.15) is 219 Å². The lowest BCUT2D eigenvalue weighted by molar-refractivity contribution is -0.164. The zero-order valence-electron chi connectivity index (χ0n) is 29.2. The molecular formula is C39H74O4. The molecule has 0 radical (unpaired) electrons. The largest absolute Gasteiger partial charge is 0.465 e. The predicted octanol–water partition coefficient (Wildman–Crippen LogP) is 12.6. The molecule has 0 aromatic rings. The van der Waals surface area contributed by atoms with Crippen molar-refractivity contribution >= 4 is 11.9 Å². The highest BCUT2D eigenvalue weighted by atomic mass is 16.6. The van der Waals surface area contributed by atoms with Crippen molar-refractivity contribution in [3.05, 3.63) is 0 Å². The van der Waals surface area contributed by atoms with E-state index in [2.05, 4.69) is 13.8 Å². The fourth-order valence-electron chi connectivity index (χ4n) is 6.17. The molecule has 0 saturated heterocycles. The van der Waals surface area contributed by atoms with Gasteiger partial charge in [-0.05, 0) is 25.7 Å². The van der Waals surface area contributed by atoms with E-state index in [-0.39, 0.29) is 11.9 Å². The van der Waals surface area contributed by atoms with Crippen molar-refractivity contribution in [2.24, 2.45) is 5.41 Å². The number of hydrogen-bond donors (Lipinski definition) is 0. The van der Waals surface area contributed by atoms with Crippen LogP contribution in [0.25, 0.3) is 0 Å². The summed E-state index contributed by atoms with van der Waals surface area (Å²) in [6, 6.07) is 0. The van der Waals surface area contributed by atoms with E-state index in [4.69, 9.17) is 9.47 Å². The van der Waals surface area contributed by atoms with E-state index in [0.29, 0.717) is 26.1 Å². The maximum Gasteiger partial charge on any atom is 0.323 e. The first-order valence-corrected chi connectivity index (χ1v) is 19.5. The fourth-order valence-corrected chi connectivity index (χ4v) is 6.17. The molecule has 0 bridgehead atoms. The van der Waals surface area contributed by atoms with Gasteiger partial charge in [0.05, 0.1) is 13.2 Å². The topological polar surface area (TPSA) is 52.6 Å². The Bertz CT molecular complexity index is 577. The van der Waals surface area contributed by atoms with E-state index in [1.165, 1.54) is 167 Å². The standard InChI is InChI=1S/C39H74O4/c1-3-5-7-9-11-13-15-17-19-21-23-25-27-29-31-35-42-37(40)39(33-34-39)38(41)43-36-32-30-28-26-24-22-20-18-16-14-12-10-8-6-4-2/h3-36H2,1-2H3. The van der Waals surface area contributed by atoms with Gasteiger partial charge in [0.15, 0.2) is 5.41 Å². The molecular weight excluding hydrogens is 532 g/mol. The third-order valence-electron chi connectivity index (χ3n) is 9.49. The summed E-state index contributed by atoms with van der Waals surface area (Å²) in [5, 5.41) is 0. The van der Waals surface area contributed by atoms with Crippen LogP contribution >= 0.6 is 0 Å². The van der Waals surface area contributed by atoms with Gasteiger partial charge in [-0.25, -0.2) is 0 Å². The van der Waals surface area contributed by atoms with E-state index >= 15 is 0 Å². The summed E-state index contributed by atoms with van der Waals surface area (Å²) in [5.41, 5.74) is -0.981. The van der Waals surface area contributed by atoms with E-state index in [1.54, 1.807) is 0 Å². The average molecular weight is 607 g/mol. The Kier molecular flexibility index (Phi) is 27.5. The van der Waals surface area contributed by atoms with Crippen LogP contribution in [-0.4, -0.2) is 25.2 Å². The molecule has 0 aromatic heterocycles. The number of hydrogen-bond acceptors (Lipinski definition) is 4. The van der Waals surface area contributed by atoms with Gasteiger partial charge < -0.3 is 9.47 Å². The van der Waals surface area contributed by atoms with Crippen molar-refractivity contribution in [1.29, 1.82) is 0 Å². The van der Waals surface area contributed by atoms with Gasteiger partial charge in [-0.15, -0.1) is 0 Å². The van der Waals surface area contributed by atoms with Crippen LogP contribution in [0.2, 0.25) is 0 Å². The minimum absolute atomic E-state index is 0.348. The molecule has 43 heavy (non-hydrogen) atoms. The van der Waals surface area contributed by atoms with E-state index < -0.39 is 5.41 Å². The van der Waals surface area contributed by atoms with Crippen LogP contribution in [0, 0.1) is 5.41 Å². The molecule has 1 saturated carbocycles. The van der Waals surface area contributed by atoms with E-state index in [1.807, 2.05) is 0 Å². The number of rotatable bonds is 34. The normalized spacial score (nSPS) is 13.7. The third kappa shape index (κ3) is 23.0. The summed E-state index contributed by atoms with van der Waals surface area (Å²) in [7, 11) is 0. The Hall–Kier alpha value is -1.06. The smallest absolute Gasteiger partial charge is 0.323 e. The molecule has 4 nitrogen and oxygen atoms in total. The zero-order chi connectivity index (χ0) is 31.1. The molecule has 0 aliphatic heterocycles. The Morgan fingerprint density at radius 2 is 0.581 bits per heavy atom. The van der Waals surface area contributed by atoms with Gasteiger partial charge in [0.25, 0.3) is 0 Å². The van der Waals surface area contributed by atoms with Crippen LogP contribution in [0.15, 0.2) is 0 Å². The first-order chi connectivity index (χ1) is 21.2. The van der Waals surface area contributed by atoms with Crippen molar-refractivity contribution < 1.29 is 19.1 Å². The number of carbonyl (C=O) groups excluding carboxylic acids is 2. The van der Waals surface area contributed by atoms with Gasteiger partial charge >= 0.3 is 11.9 Å². The van der Waals surface area contributed by atoms with Gasteiger partial charge in [0, 0.05) is 0 Å². The highest BCUT2D eigenvalue weighted by Crippen LogP contribution is 2.48. The first kappa shape index (κ1) is 40.0. The molecule has 0 heterocycles. The minimum Gasteiger partial charge on any atom is -0.465 e. The Morgan fingerprint density at radius 3 is 0.791 bits per heavy atom. The second kappa shape index (κ2) is 29.6. The van der Waals surface area contributed by atoms with Crippen molar-refractivity contribution in [2.45, 2.75) is 219 Å². The van der Waals surface area contributed by atoms with Crippen LogP contribution in [0.3, 0.4) is 0 Å². The summed E-state index contributed by atoms with van der Waals surface area (Å²) < 4.78 is 11.0. The lowest BCUT2D eigenvalue weighted by atomic mass is 10.0. The lowest BCUT2D eigenvalue weighted by Gasteiger charge is -2.14. The molecule has 0 unspecified atom stereocenters. The molecule has 1 aliphatic rings. The molecule has 1 fully saturated rings. The average Bonchev–Trinajstić information content (AvgIpc) is 3.83. The molecule has 254 valence electrons. The molecule has 1 aliphatic carbocycles. The predicted molar refractivity (Wildman–Crippen MR) is 183 cm³/mol. The van der Waals surface area contributed by atoms with Crippen molar-refractivity contribution in [2.75, 3.05) is 13.2 Å². The second-order valence-corrected chi connectivity index (χ2v) is 13.8. The van der Waals surface area contributed by atoms with Gasteiger partial charge in [0.1, 0.15) is 0 Å². The fraction of sp³-hybridized carbons (Fsp3) is 0.949. The molecule has 0 spiro atoms. The number of ether oxygens (including phenoxy) is 2. The van der Waals surface area contributed by atoms with Crippen molar-refractivity contribution in [3.8, 4) is 0 Å². The highest BCUT2D eigenvalue weighted by molar-refractivity contribution is 6.03. The molecule has 0 amide bonds. The second-order valence-electron chi connectivity index (χ2n) is 13.8. The Labute approximate surface area is 268 Å². The summed E-state index contributed by atoms with van der Waals surface area (Å²) in [6.07, 6.45) is 40.7. The summed E-state index contributed by atoms with van der Waals surface area (Å²) in [6.45, 7) is 5.43. The maximum atomic E-state index is 12.6. The maximum absolute atomic E-state index is 12.6. The van der Waals surface area contributed by atoms with Gasteiger partial charge in [-0.2, -0.15) is 0 Å². The summed E-state index contributed by atoms with van der Waals surface area (Å²) >= 11 is 0. The molecule has 0 aromatic carbocycles. The monoisotopic (exact) mass is 607 g/mol. The number of carbonyl (C=O) groups is 2. The van der Waals surface area contributed by atoms with Gasteiger partial charge in [-0.3, -0.25) is 9.59 Å². The highest BCUT2D eigenvalue weighted by Gasteiger charge is 2.59. The summed E-state index contributed by atoms with van der Waals surface area (Å²) in [5.74, 6) is -0.696. The SMILES string of the molecule is CCCCCCCCCCCCCCCCCOC(=O)C1(C(=O)OCCCCCCCCCCCCCCCCC)CC1. The van der Waals surface area contributed by atoms with E-state index in [0.717, 1.165) is 25.7 Å². The molecule has 0 N–H and O–H groups in total. The number of unbranched alkanes of at least 4 members (excludes halogenated alkanes) is 28. The third-order valence-corrected chi connectivity index (χ3v) is 9.49. The molecule has 0 atom stereocenters. The Balaban J connectivity index is 1.86. The zero-order valence-corrected chi connectivity index (χ0v) is 29.2. The van der Waals surface area contributed by atoms with Crippen molar-refractivity contribution in [1.82, 2.24) is 0 Å².